The zero-order chi connectivity index (χ0) is 25.8. The number of carbonyl (C=O) groups excluding carboxylic acids is 3. The Morgan fingerprint density at radius 3 is 2.35 bits per heavy atom. The first-order valence-electron chi connectivity index (χ1n) is 13.1. The smallest absolute Gasteiger partial charge is 0.241 e. The first kappa shape index (κ1) is 24.9. The van der Waals surface area contributed by atoms with Crippen LogP contribution < -0.4 is 0 Å². The van der Waals surface area contributed by atoms with Gasteiger partial charge in [0.25, 0.3) is 0 Å². The quantitative estimate of drug-likeness (QED) is 0.454. The molecule has 1 atom stereocenters. The van der Waals surface area contributed by atoms with Crippen molar-refractivity contribution in [1.29, 1.82) is 0 Å². The first-order chi connectivity index (χ1) is 18.0. The van der Waals surface area contributed by atoms with Gasteiger partial charge >= 0.3 is 0 Å². The average Bonchev–Trinajstić information content (AvgIpc) is 3.15. The van der Waals surface area contributed by atoms with Crippen LogP contribution >= 0.6 is 0 Å². The minimum atomic E-state index is -1.18. The fourth-order valence-electron chi connectivity index (χ4n) is 5.89. The van der Waals surface area contributed by atoms with E-state index in [0.717, 1.165) is 36.0 Å². The average molecular weight is 496 g/mol. The number of nitrogens with zero attached hydrogens (tertiary/aromatic N) is 3. The Bertz CT molecular complexity index is 1270. The van der Waals surface area contributed by atoms with Gasteiger partial charge in [-0.1, -0.05) is 60.7 Å². The summed E-state index contributed by atoms with van der Waals surface area (Å²) in [6.07, 6.45) is 6.25. The molecule has 0 spiro atoms. The fourth-order valence-corrected chi connectivity index (χ4v) is 5.89. The summed E-state index contributed by atoms with van der Waals surface area (Å²) in [4.78, 5) is 48.2. The second-order valence-electron chi connectivity index (χ2n) is 10.4. The fraction of sp³-hybridized carbons (Fsp3) is 0.355. The lowest BCUT2D eigenvalue weighted by Crippen LogP contribution is -2.45. The van der Waals surface area contributed by atoms with Crippen LogP contribution in [0.2, 0.25) is 0 Å². The van der Waals surface area contributed by atoms with Crippen molar-refractivity contribution in [3.8, 4) is 0 Å². The topological polar surface area (TPSA) is 70.6 Å². The van der Waals surface area contributed by atoms with Gasteiger partial charge in [0.1, 0.15) is 0 Å². The Balaban J connectivity index is 1.34. The maximum Gasteiger partial charge on any atom is 0.241 e. The highest BCUT2D eigenvalue weighted by Crippen LogP contribution is 2.42. The Labute approximate surface area is 218 Å². The summed E-state index contributed by atoms with van der Waals surface area (Å²) in [7, 11) is 0. The zero-order valence-corrected chi connectivity index (χ0v) is 21.3. The van der Waals surface area contributed by atoms with Crippen LogP contribution in [0.1, 0.15) is 47.9 Å². The second kappa shape index (κ2) is 10.7. The molecule has 2 aromatic carbocycles. The standard InChI is InChI=1S/C31H33N3O3/c1-23-8-5-6-12-27(23)31(20-29(36)34(30(31)37)22-26-11-7-15-32-21-26)19-28(35)33-16-13-25(14-17-33)18-24-9-3-2-4-10-24/h2-12,15,21,25H,13-14,16-20,22H2,1H3. The molecule has 190 valence electrons. The van der Waals surface area contributed by atoms with Gasteiger partial charge in [-0.2, -0.15) is 0 Å². The molecule has 3 heterocycles. The van der Waals surface area contributed by atoms with Crippen LogP contribution in [0, 0.1) is 12.8 Å². The van der Waals surface area contributed by atoms with E-state index in [1.807, 2.05) is 48.2 Å². The highest BCUT2D eigenvalue weighted by Gasteiger charge is 2.54. The molecular weight excluding hydrogens is 462 g/mol. The van der Waals surface area contributed by atoms with Crippen molar-refractivity contribution in [2.75, 3.05) is 13.1 Å². The van der Waals surface area contributed by atoms with E-state index in [-0.39, 0.29) is 37.1 Å². The molecule has 0 saturated carbocycles. The molecule has 1 aromatic heterocycles. The van der Waals surface area contributed by atoms with Gasteiger partial charge < -0.3 is 4.90 Å². The number of rotatable bonds is 7. The summed E-state index contributed by atoms with van der Waals surface area (Å²) in [6, 6.07) is 21.8. The Morgan fingerprint density at radius 2 is 1.65 bits per heavy atom. The number of amides is 3. The zero-order valence-electron chi connectivity index (χ0n) is 21.3. The van der Waals surface area contributed by atoms with E-state index in [2.05, 4.69) is 29.2 Å². The monoisotopic (exact) mass is 495 g/mol. The number of likely N-dealkylation sites (tertiary alicyclic amines) is 2. The summed E-state index contributed by atoms with van der Waals surface area (Å²) < 4.78 is 0. The molecule has 2 saturated heterocycles. The number of benzene rings is 2. The van der Waals surface area contributed by atoms with E-state index in [1.54, 1.807) is 18.5 Å². The van der Waals surface area contributed by atoms with Crippen LogP contribution in [0.3, 0.4) is 0 Å². The van der Waals surface area contributed by atoms with E-state index in [1.165, 1.54) is 10.5 Å². The minimum Gasteiger partial charge on any atom is -0.343 e. The van der Waals surface area contributed by atoms with Gasteiger partial charge in [0.15, 0.2) is 0 Å². The van der Waals surface area contributed by atoms with Crippen molar-refractivity contribution >= 4 is 17.7 Å². The second-order valence-corrected chi connectivity index (χ2v) is 10.4. The molecule has 3 amide bonds. The molecule has 0 N–H and O–H groups in total. The number of pyridine rings is 1. The molecule has 0 aliphatic carbocycles. The van der Waals surface area contributed by atoms with Crippen molar-refractivity contribution in [3.05, 3.63) is 101 Å². The van der Waals surface area contributed by atoms with Crippen LogP contribution in [0.5, 0.6) is 0 Å². The number of aromatic nitrogens is 1. The van der Waals surface area contributed by atoms with E-state index < -0.39 is 5.41 Å². The molecule has 2 aliphatic heterocycles. The molecule has 2 aliphatic rings. The van der Waals surface area contributed by atoms with Crippen LogP contribution in [0.25, 0.3) is 0 Å². The molecule has 6 nitrogen and oxygen atoms in total. The van der Waals surface area contributed by atoms with Gasteiger partial charge in [0.2, 0.25) is 17.7 Å². The van der Waals surface area contributed by atoms with Crippen molar-refractivity contribution in [3.63, 3.8) is 0 Å². The minimum absolute atomic E-state index is 0.00710. The van der Waals surface area contributed by atoms with Gasteiger partial charge in [0, 0.05) is 38.3 Å². The van der Waals surface area contributed by atoms with Gasteiger partial charge in [-0.3, -0.25) is 24.3 Å². The SMILES string of the molecule is Cc1ccccc1C1(CC(=O)N2CCC(Cc3ccccc3)CC2)CC(=O)N(Cc2cccnc2)C1=O. The van der Waals surface area contributed by atoms with Gasteiger partial charge in [-0.15, -0.1) is 0 Å². The van der Waals surface area contributed by atoms with Crippen molar-refractivity contribution in [2.45, 2.75) is 51.0 Å². The molecule has 5 rings (SSSR count). The maximum absolute atomic E-state index is 14.0. The van der Waals surface area contributed by atoms with Gasteiger partial charge in [0.05, 0.1) is 12.0 Å². The lowest BCUT2D eigenvalue weighted by molar-refractivity contribution is -0.143. The molecule has 1 unspecified atom stereocenters. The summed E-state index contributed by atoms with van der Waals surface area (Å²) in [5, 5.41) is 0. The van der Waals surface area contributed by atoms with Crippen molar-refractivity contribution in [1.82, 2.24) is 14.8 Å². The maximum atomic E-state index is 14.0. The molecule has 37 heavy (non-hydrogen) atoms. The van der Waals surface area contributed by atoms with E-state index in [9.17, 15) is 14.4 Å². The first-order valence-corrected chi connectivity index (χ1v) is 13.1. The van der Waals surface area contributed by atoms with Crippen molar-refractivity contribution < 1.29 is 14.4 Å². The number of hydrogen-bond donors (Lipinski definition) is 0. The van der Waals surface area contributed by atoms with Gasteiger partial charge in [-0.05, 0) is 60.4 Å². The molecule has 0 bridgehead atoms. The van der Waals surface area contributed by atoms with Gasteiger partial charge in [-0.25, -0.2) is 0 Å². The number of carbonyl (C=O) groups is 3. The molecular formula is C31H33N3O3. The van der Waals surface area contributed by atoms with E-state index in [0.29, 0.717) is 19.0 Å². The van der Waals surface area contributed by atoms with Crippen LogP contribution in [-0.4, -0.2) is 45.6 Å². The summed E-state index contributed by atoms with van der Waals surface area (Å²) in [5.41, 5.74) is 2.63. The molecule has 0 radical (unpaired) electrons. The van der Waals surface area contributed by atoms with Crippen LogP contribution in [-0.2, 0) is 32.8 Å². The number of aryl methyl sites for hydroxylation is 1. The van der Waals surface area contributed by atoms with Crippen LogP contribution in [0.15, 0.2) is 79.1 Å². The summed E-state index contributed by atoms with van der Waals surface area (Å²) in [6.45, 7) is 3.47. The lowest BCUT2D eigenvalue weighted by atomic mass is 9.73. The number of piperidine rings is 1. The predicted octanol–water partition coefficient (Wildman–Crippen LogP) is 4.46. The highest BCUT2D eigenvalue weighted by atomic mass is 16.2. The van der Waals surface area contributed by atoms with Crippen LogP contribution in [0.4, 0.5) is 0 Å². The number of hydrogen-bond acceptors (Lipinski definition) is 4. The molecule has 6 heteroatoms. The Morgan fingerprint density at radius 1 is 0.946 bits per heavy atom. The van der Waals surface area contributed by atoms with E-state index in [4.69, 9.17) is 0 Å². The third-order valence-corrected chi connectivity index (χ3v) is 7.92. The Kier molecular flexibility index (Phi) is 7.17. The summed E-state index contributed by atoms with van der Waals surface area (Å²) in [5.74, 6) is -0.0401. The molecule has 3 aromatic rings. The molecule has 2 fully saturated rings. The van der Waals surface area contributed by atoms with Crippen molar-refractivity contribution in [2.24, 2.45) is 5.92 Å². The Hall–Kier alpha value is -3.80. The third-order valence-electron chi connectivity index (χ3n) is 7.92. The largest absolute Gasteiger partial charge is 0.343 e. The normalized spacial score (nSPS) is 20.5. The predicted molar refractivity (Wildman–Crippen MR) is 141 cm³/mol. The third kappa shape index (κ3) is 5.19. The lowest BCUT2D eigenvalue weighted by Gasteiger charge is -2.35. The summed E-state index contributed by atoms with van der Waals surface area (Å²) >= 11 is 0. The van der Waals surface area contributed by atoms with E-state index >= 15 is 0 Å². The highest BCUT2D eigenvalue weighted by molar-refractivity contribution is 6.10. The number of imide groups is 1.